The van der Waals surface area contributed by atoms with E-state index in [-0.39, 0.29) is 24.3 Å². The molecule has 2 N–H and O–H groups in total. The topological polar surface area (TPSA) is 95.6 Å². The Labute approximate surface area is 126 Å². The number of nitrogens with one attached hydrogen (secondary N) is 2. The SMILES string of the molecule is CCC(CC)N1C(=O)CC(NCCCNS(C)(=O)=O)C1=O. The Kier molecular flexibility index (Phi) is 6.76. The zero-order valence-electron chi connectivity index (χ0n) is 12.9. The summed E-state index contributed by atoms with van der Waals surface area (Å²) in [5, 5.41) is 3.03. The summed E-state index contributed by atoms with van der Waals surface area (Å²) < 4.78 is 24.2. The lowest BCUT2D eigenvalue weighted by atomic mass is 10.1. The van der Waals surface area contributed by atoms with Crippen molar-refractivity contribution < 1.29 is 18.0 Å². The summed E-state index contributed by atoms with van der Waals surface area (Å²) in [5.74, 6) is -0.287. The summed E-state index contributed by atoms with van der Waals surface area (Å²) >= 11 is 0. The fourth-order valence-corrected chi connectivity index (χ4v) is 2.99. The predicted octanol–water partition coefficient (Wildman–Crippen LogP) is -0.169. The minimum atomic E-state index is -3.18. The molecule has 2 amide bonds. The van der Waals surface area contributed by atoms with Gasteiger partial charge in [0.25, 0.3) is 0 Å². The Morgan fingerprint density at radius 1 is 1.24 bits per heavy atom. The largest absolute Gasteiger partial charge is 0.305 e. The van der Waals surface area contributed by atoms with E-state index in [4.69, 9.17) is 0 Å². The maximum Gasteiger partial charge on any atom is 0.247 e. The molecular weight excluding hydrogens is 294 g/mol. The molecule has 1 heterocycles. The van der Waals surface area contributed by atoms with Gasteiger partial charge in [-0.1, -0.05) is 13.8 Å². The minimum Gasteiger partial charge on any atom is -0.305 e. The predicted molar refractivity (Wildman–Crippen MR) is 80.1 cm³/mol. The van der Waals surface area contributed by atoms with Crippen LogP contribution in [0.4, 0.5) is 0 Å². The highest BCUT2D eigenvalue weighted by atomic mass is 32.2. The first-order valence-electron chi connectivity index (χ1n) is 7.34. The molecule has 0 aromatic heterocycles. The van der Waals surface area contributed by atoms with Crippen LogP contribution in [0.5, 0.6) is 0 Å². The average molecular weight is 319 g/mol. The molecule has 0 aromatic rings. The third kappa shape index (κ3) is 5.37. The highest BCUT2D eigenvalue weighted by Crippen LogP contribution is 2.20. The van der Waals surface area contributed by atoms with Crippen molar-refractivity contribution in [2.24, 2.45) is 0 Å². The zero-order chi connectivity index (χ0) is 16.0. The fourth-order valence-electron chi connectivity index (χ4n) is 2.47. The fraction of sp³-hybridized carbons (Fsp3) is 0.846. The second-order valence-electron chi connectivity index (χ2n) is 5.30. The second-order valence-corrected chi connectivity index (χ2v) is 7.14. The van der Waals surface area contributed by atoms with Crippen LogP contribution < -0.4 is 10.0 Å². The number of rotatable bonds is 9. The quantitative estimate of drug-likeness (QED) is 0.454. The monoisotopic (exact) mass is 319 g/mol. The van der Waals surface area contributed by atoms with Gasteiger partial charge in [0.15, 0.2) is 0 Å². The van der Waals surface area contributed by atoms with E-state index in [2.05, 4.69) is 10.0 Å². The number of sulfonamides is 1. The lowest BCUT2D eigenvalue weighted by molar-refractivity contribution is -0.141. The third-order valence-electron chi connectivity index (χ3n) is 3.60. The molecule has 0 aromatic carbocycles. The van der Waals surface area contributed by atoms with Gasteiger partial charge in [0.2, 0.25) is 21.8 Å². The van der Waals surface area contributed by atoms with Crippen LogP contribution in [0.25, 0.3) is 0 Å². The Morgan fingerprint density at radius 2 is 1.86 bits per heavy atom. The van der Waals surface area contributed by atoms with Gasteiger partial charge < -0.3 is 5.32 Å². The van der Waals surface area contributed by atoms with E-state index >= 15 is 0 Å². The minimum absolute atomic E-state index is 0.0244. The average Bonchev–Trinajstić information content (AvgIpc) is 2.66. The Balaban J connectivity index is 2.41. The summed E-state index contributed by atoms with van der Waals surface area (Å²) in [6.07, 6.45) is 3.38. The third-order valence-corrected chi connectivity index (χ3v) is 4.33. The van der Waals surface area contributed by atoms with Crippen molar-refractivity contribution in [1.82, 2.24) is 14.9 Å². The first kappa shape index (κ1) is 18.1. The van der Waals surface area contributed by atoms with Crippen LogP contribution in [0, 0.1) is 0 Å². The molecule has 1 saturated heterocycles. The summed E-state index contributed by atoms with van der Waals surface area (Å²) in [6.45, 7) is 4.73. The Morgan fingerprint density at radius 3 is 2.38 bits per heavy atom. The molecule has 1 atom stereocenters. The zero-order valence-corrected chi connectivity index (χ0v) is 13.7. The van der Waals surface area contributed by atoms with Crippen LogP contribution in [0.15, 0.2) is 0 Å². The van der Waals surface area contributed by atoms with Gasteiger partial charge in [-0.15, -0.1) is 0 Å². The molecule has 1 unspecified atom stereocenters. The highest BCUT2D eigenvalue weighted by molar-refractivity contribution is 7.88. The summed E-state index contributed by atoms with van der Waals surface area (Å²) in [6, 6.07) is -0.500. The lowest BCUT2D eigenvalue weighted by Gasteiger charge is -2.24. The molecule has 0 bridgehead atoms. The van der Waals surface area contributed by atoms with E-state index in [1.807, 2.05) is 13.8 Å². The second kappa shape index (κ2) is 7.86. The maximum atomic E-state index is 12.2. The van der Waals surface area contributed by atoms with Crippen LogP contribution in [0.2, 0.25) is 0 Å². The van der Waals surface area contributed by atoms with Crippen molar-refractivity contribution >= 4 is 21.8 Å². The van der Waals surface area contributed by atoms with Gasteiger partial charge in [-0.2, -0.15) is 0 Å². The van der Waals surface area contributed by atoms with Crippen molar-refractivity contribution in [3.8, 4) is 0 Å². The molecule has 0 radical (unpaired) electrons. The number of likely N-dealkylation sites (tertiary alicyclic amines) is 1. The number of hydrogen-bond donors (Lipinski definition) is 2. The Hall–Kier alpha value is -0.990. The van der Waals surface area contributed by atoms with Gasteiger partial charge in [0.1, 0.15) is 0 Å². The van der Waals surface area contributed by atoms with E-state index in [0.29, 0.717) is 19.5 Å². The molecule has 7 nitrogen and oxygen atoms in total. The van der Waals surface area contributed by atoms with Crippen molar-refractivity contribution in [3.63, 3.8) is 0 Å². The lowest BCUT2D eigenvalue weighted by Crippen LogP contribution is -2.44. The van der Waals surface area contributed by atoms with Gasteiger partial charge in [-0.05, 0) is 25.8 Å². The van der Waals surface area contributed by atoms with Crippen molar-refractivity contribution in [2.75, 3.05) is 19.3 Å². The molecule has 0 spiro atoms. The van der Waals surface area contributed by atoms with Crippen LogP contribution in [0.3, 0.4) is 0 Å². The van der Waals surface area contributed by atoms with Gasteiger partial charge >= 0.3 is 0 Å². The standard InChI is InChI=1S/C13H25N3O4S/c1-4-10(5-2)16-12(17)9-11(13(16)18)14-7-6-8-15-21(3,19)20/h10-11,14-15H,4-9H2,1-3H3. The number of imide groups is 1. The van der Waals surface area contributed by atoms with Gasteiger partial charge in [0, 0.05) is 12.6 Å². The van der Waals surface area contributed by atoms with Crippen LogP contribution in [-0.4, -0.2) is 56.6 Å². The first-order valence-corrected chi connectivity index (χ1v) is 9.23. The number of nitrogens with zero attached hydrogens (tertiary/aromatic N) is 1. The van der Waals surface area contributed by atoms with E-state index in [1.54, 1.807) is 0 Å². The summed E-state index contributed by atoms with van der Waals surface area (Å²) in [5.41, 5.74) is 0. The first-order chi connectivity index (χ1) is 9.80. The normalized spacial score (nSPS) is 19.8. The van der Waals surface area contributed by atoms with E-state index in [0.717, 1.165) is 19.1 Å². The van der Waals surface area contributed by atoms with Crippen molar-refractivity contribution in [2.45, 2.75) is 51.6 Å². The van der Waals surface area contributed by atoms with Gasteiger partial charge in [-0.25, -0.2) is 13.1 Å². The molecule has 8 heteroatoms. The van der Waals surface area contributed by atoms with Crippen LogP contribution in [-0.2, 0) is 19.6 Å². The molecule has 122 valence electrons. The molecule has 0 saturated carbocycles. The molecule has 1 aliphatic heterocycles. The van der Waals surface area contributed by atoms with Crippen LogP contribution >= 0.6 is 0 Å². The van der Waals surface area contributed by atoms with Crippen LogP contribution in [0.1, 0.15) is 39.5 Å². The van der Waals surface area contributed by atoms with Crippen molar-refractivity contribution in [3.05, 3.63) is 0 Å². The van der Waals surface area contributed by atoms with Gasteiger partial charge in [-0.3, -0.25) is 14.5 Å². The molecule has 1 fully saturated rings. The van der Waals surface area contributed by atoms with E-state index in [1.165, 1.54) is 4.90 Å². The number of hydrogen-bond acceptors (Lipinski definition) is 5. The highest BCUT2D eigenvalue weighted by Gasteiger charge is 2.40. The smallest absolute Gasteiger partial charge is 0.247 e. The molecule has 0 aliphatic carbocycles. The number of carbonyl (C=O) groups excluding carboxylic acids is 2. The number of carbonyl (C=O) groups is 2. The molecule has 1 aliphatic rings. The molecule has 1 rings (SSSR count). The van der Waals surface area contributed by atoms with E-state index < -0.39 is 16.1 Å². The maximum absolute atomic E-state index is 12.2. The summed E-state index contributed by atoms with van der Waals surface area (Å²) in [7, 11) is -3.18. The molecular formula is C13H25N3O4S. The Bertz CT molecular complexity index is 474. The number of amides is 2. The van der Waals surface area contributed by atoms with Gasteiger partial charge in [0.05, 0.1) is 18.7 Å². The summed E-state index contributed by atoms with van der Waals surface area (Å²) in [4.78, 5) is 25.6. The molecule has 21 heavy (non-hydrogen) atoms. The van der Waals surface area contributed by atoms with Crippen molar-refractivity contribution in [1.29, 1.82) is 0 Å². The van der Waals surface area contributed by atoms with E-state index in [9.17, 15) is 18.0 Å².